The highest BCUT2D eigenvalue weighted by molar-refractivity contribution is 5.98. The predicted octanol–water partition coefficient (Wildman–Crippen LogP) is 3.14. The SMILES string of the molecule is CC(C)CN(C(=O)c1cnc(C(C)(C)C)nc1NCc1ccco1)C1CNCC(C(=O)O)C1. The van der Waals surface area contributed by atoms with Gasteiger partial charge >= 0.3 is 5.97 Å². The Morgan fingerprint density at radius 1 is 1.33 bits per heavy atom. The van der Waals surface area contributed by atoms with Crippen molar-refractivity contribution in [3.05, 3.63) is 41.7 Å². The van der Waals surface area contributed by atoms with Crippen molar-refractivity contribution in [2.24, 2.45) is 11.8 Å². The highest BCUT2D eigenvalue weighted by Crippen LogP contribution is 2.25. The molecule has 2 aromatic rings. The van der Waals surface area contributed by atoms with Gasteiger partial charge in [-0.1, -0.05) is 34.6 Å². The van der Waals surface area contributed by atoms with Crippen LogP contribution in [-0.2, 0) is 16.8 Å². The van der Waals surface area contributed by atoms with Gasteiger partial charge in [-0.2, -0.15) is 0 Å². The lowest BCUT2D eigenvalue weighted by molar-refractivity contribution is -0.142. The molecule has 0 aliphatic carbocycles. The van der Waals surface area contributed by atoms with Crippen LogP contribution in [0.25, 0.3) is 0 Å². The molecule has 0 saturated carbocycles. The zero-order valence-electron chi connectivity index (χ0n) is 20.1. The molecule has 1 aliphatic rings. The van der Waals surface area contributed by atoms with Crippen molar-refractivity contribution in [2.75, 3.05) is 25.0 Å². The van der Waals surface area contributed by atoms with Crippen molar-refractivity contribution in [1.29, 1.82) is 0 Å². The number of nitrogens with zero attached hydrogens (tertiary/aromatic N) is 3. The third-order valence-corrected chi connectivity index (χ3v) is 5.64. The predicted molar refractivity (Wildman–Crippen MR) is 125 cm³/mol. The van der Waals surface area contributed by atoms with Crippen LogP contribution in [0, 0.1) is 11.8 Å². The van der Waals surface area contributed by atoms with Gasteiger partial charge in [-0.15, -0.1) is 0 Å². The second kappa shape index (κ2) is 10.3. The van der Waals surface area contributed by atoms with Gasteiger partial charge in [-0.05, 0) is 24.5 Å². The van der Waals surface area contributed by atoms with Gasteiger partial charge in [0.25, 0.3) is 5.91 Å². The van der Waals surface area contributed by atoms with Crippen LogP contribution in [0.3, 0.4) is 0 Å². The number of carboxylic acids is 1. The highest BCUT2D eigenvalue weighted by Gasteiger charge is 2.34. The number of rotatable bonds is 8. The highest BCUT2D eigenvalue weighted by atomic mass is 16.4. The van der Waals surface area contributed by atoms with Crippen molar-refractivity contribution in [2.45, 2.75) is 59.0 Å². The molecular weight excluding hydrogens is 422 g/mol. The molecule has 0 aromatic carbocycles. The van der Waals surface area contributed by atoms with Crippen LogP contribution in [0.4, 0.5) is 5.82 Å². The lowest BCUT2D eigenvalue weighted by Crippen LogP contribution is -2.53. The summed E-state index contributed by atoms with van der Waals surface area (Å²) in [5.74, 6) is 0.442. The topological polar surface area (TPSA) is 121 Å². The van der Waals surface area contributed by atoms with E-state index in [9.17, 15) is 14.7 Å². The van der Waals surface area contributed by atoms with Gasteiger partial charge in [0.15, 0.2) is 0 Å². The van der Waals surface area contributed by atoms with E-state index in [0.29, 0.717) is 49.8 Å². The van der Waals surface area contributed by atoms with E-state index in [-0.39, 0.29) is 23.3 Å². The average molecular weight is 458 g/mol. The van der Waals surface area contributed by atoms with Gasteiger partial charge in [0.05, 0.1) is 18.7 Å². The fourth-order valence-corrected chi connectivity index (χ4v) is 3.91. The molecule has 9 nitrogen and oxygen atoms in total. The first-order valence-corrected chi connectivity index (χ1v) is 11.4. The number of carbonyl (C=O) groups excluding carboxylic acids is 1. The van der Waals surface area contributed by atoms with E-state index in [0.717, 1.165) is 5.76 Å². The molecule has 3 N–H and O–H groups in total. The Morgan fingerprint density at radius 3 is 2.70 bits per heavy atom. The van der Waals surface area contributed by atoms with Crippen molar-refractivity contribution < 1.29 is 19.1 Å². The summed E-state index contributed by atoms with van der Waals surface area (Å²) >= 11 is 0. The summed E-state index contributed by atoms with van der Waals surface area (Å²) < 4.78 is 5.42. The van der Waals surface area contributed by atoms with E-state index in [4.69, 9.17) is 9.40 Å². The van der Waals surface area contributed by atoms with Crippen LogP contribution in [0.1, 0.15) is 63.0 Å². The second-order valence-corrected chi connectivity index (χ2v) is 10.1. The number of nitrogens with one attached hydrogen (secondary N) is 2. The monoisotopic (exact) mass is 457 g/mol. The van der Waals surface area contributed by atoms with Crippen molar-refractivity contribution in [3.63, 3.8) is 0 Å². The Labute approximate surface area is 195 Å². The van der Waals surface area contributed by atoms with Crippen LogP contribution in [0.15, 0.2) is 29.0 Å². The van der Waals surface area contributed by atoms with Crippen molar-refractivity contribution in [3.8, 4) is 0 Å². The summed E-state index contributed by atoms with van der Waals surface area (Å²) in [4.78, 5) is 36.4. The fourth-order valence-electron chi connectivity index (χ4n) is 3.91. The van der Waals surface area contributed by atoms with E-state index in [1.165, 1.54) is 0 Å². The summed E-state index contributed by atoms with van der Waals surface area (Å²) in [6.07, 6.45) is 3.60. The maximum atomic E-state index is 13.8. The Kier molecular flexibility index (Phi) is 7.73. The fraction of sp³-hybridized carbons (Fsp3) is 0.583. The molecule has 1 saturated heterocycles. The first-order valence-electron chi connectivity index (χ1n) is 11.4. The smallest absolute Gasteiger partial charge is 0.307 e. The van der Waals surface area contributed by atoms with Gasteiger partial charge < -0.3 is 25.1 Å². The summed E-state index contributed by atoms with van der Waals surface area (Å²) in [6, 6.07) is 3.43. The number of piperidine rings is 1. The summed E-state index contributed by atoms with van der Waals surface area (Å²) in [7, 11) is 0. The van der Waals surface area contributed by atoms with Crippen molar-refractivity contribution >= 4 is 17.7 Å². The third kappa shape index (κ3) is 6.31. The molecule has 33 heavy (non-hydrogen) atoms. The average Bonchev–Trinajstić information content (AvgIpc) is 3.28. The Bertz CT molecular complexity index is 952. The minimum absolute atomic E-state index is 0.205. The van der Waals surface area contributed by atoms with E-state index in [2.05, 4.69) is 15.6 Å². The molecule has 1 fully saturated rings. The zero-order chi connectivity index (χ0) is 24.2. The third-order valence-electron chi connectivity index (χ3n) is 5.64. The zero-order valence-corrected chi connectivity index (χ0v) is 20.1. The summed E-state index contributed by atoms with van der Waals surface area (Å²) in [6.45, 7) is 12.0. The lowest BCUT2D eigenvalue weighted by Gasteiger charge is -2.38. The largest absolute Gasteiger partial charge is 0.481 e. The molecule has 0 spiro atoms. The maximum absolute atomic E-state index is 13.8. The normalized spacial score (nSPS) is 18.8. The van der Waals surface area contributed by atoms with Gasteiger partial charge in [-0.25, -0.2) is 9.97 Å². The number of aliphatic carboxylic acids is 1. The summed E-state index contributed by atoms with van der Waals surface area (Å²) in [5.41, 5.74) is 0.0788. The number of carboxylic acid groups (broad SMARTS) is 1. The number of aromatic nitrogens is 2. The quantitative estimate of drug-likeness (QED) is 0.553. The number of carbonyl (C=O) groups is 2. The van der Waals surface area contributed by atoms with Crippen LogP contribution >= 0.6 is 0 Å². The first-order chi connectivity index (χ1) is 15.6. The Hall–Kier alpha value is -2.94. The Balaban J connectivity index is 1.94. The molecule has 3 heterocycles. The molecule has 2 unspecified atom stereocenters. The Morgan fingerprint density at radius 2 is 2.09 bits per heavy atom. The molecule has 9 heteroatoms. The summed E-state index contributed by atoms with van der Waals surface area (Å²) in [5, 5.41) is 15.9. The molecule has 3 rings (SSSR count). The van der Waals surface area contributed by atoms with Crippen LogP contribution in [0.5, 0.6) is 0 Å². The van der Waals surface area contributed by atoms with Gasteiger partial charge in [0.1, 0.15) is 23.0 Å². The lowest BCUT2D eigenvalue weighted by atomic mass is 9.93. The number of anilines is 1. The molecule has 1 amide bonds. The second-order valence-electron chi connectivity index (χ2n) is 10.1. The van der Waals surface area contributed by atoms with Crippen LogP contribution in [0.2, 0.25) is 0 Å². The molecular formula is C24H35N5O4. The molecule has 1 aliphatic heterocycles. The van der Waals surface area contributed by atoms with Crippen LogP contribution in [-0.4, -0.2) is 57.5 Å². The molecule has 2 aromatic heterocycles. The molecule has 2 atom stereocenters. The number of hydrogen-bond acceptors (Lipinski definition) is 7. The molecule has 0 radical (unpaired) electrons. The number of furan rings is 1. The van der Waals surface area contributed by atoms with Gasteiger partial charge in [-0.3, -0.25) is 9.59 Å². The van der Waals surface area contributed by atoms with Gasteiger partial charge in [0, 0.05) is 37.3 Å². The minimum Gasteiger partial charge on any atom is -0.481 e. The molecule has 180 valence electrons. The maximum Gasteiger partial charge on any atom is 0.307 e. The van der Waals surface area contributed by atoms with Gasteiger partial charge in [0.2, 0.25) is 0 Å². The van der Waals surface area contributed by atoms with E-state index in [1.807, 2.05) is 46.8 Å². The minimum atomic E-state index is -0.845. The van der Waals surface area contributed by atoms with E-state index < -0.39 is 11.9 Å². The van der Waals surface area contributed by atoms with Crippen LogP contribution < -0.4 is 10.6 Å². The standard InChI is InChI=1S/C24H35N5O4/c1-15(2)14-29(17-9-16(22(31)32)10-25-11-17)21(30)19-13-27-23(24(3,4)5)28-20(19)26-12-18-7-6-8-33-18/h6-8,13,15-17,25H,9-12,14H2,1-5H3,(H,31,32)(H,26,27,28). The number of hydrogen-bond donors (Lipinski definition) is 3. The van der Waals surface area contributed by atoms with E-state index >= 15 is 0 Å². The number of amides is 1. The first kappa shape index (κ1) is 24.7. The molecule has 0 bridgehead atoms. The van der Waals surface area contributed by atoms with E-state index in [1.54, 1.807) is 17.4 Å². The van der Waals surface area contributed by atoms with Crippen molar-refractivity contribution in [1.82, 2.24) is 20.2 Å².